The van der Waals surface area contributed by atoms with Crippen molar-refractivity contribution in [2.45, 2.75) is 56.9 Å². The van der Waals surface area contributed by atoms with Crippen LogP contribution in [0.2, 0.25) is 0 Å². The number of nitrogens with one attached hydrogen (secondary N) is 2. The van der Waals surface area contributed by atoms with Gasteiger partial charge in [-0.1, -0.05) is 51.3 Å². The van der Waals surface area contributed by atoms with Crippen molar-refractivity contribution in [1.29, 1.82) is 0 Å². The predicted molar refractivity (Wildman–Crippen MR) is 108 cm³/mol. The smallest absolute Gasteiger partial charge is 0.296 e. The Labute approximate surface area is 156 Å². The first-order chi connectivity index (χ1) is 12.4. The van der Waals surface area contributed by atoms with E-state index in [-0.39, 0.29) is 10.9 Å². The van der Waals surface area contributed by atoms with Crippen LogP contribution in [0.15, 0.2) is 53.4 Å². The van der Waals surface area contributed by atoms with Crippen LogP contribution in [-0.4, -0.2) is 19.0 Å². The van der Waals surface area contributed by atoms with Crippen molar-refractivity contribution in [2.75, 3.05) is 10.6 Å². The lowest BCUT2D eigenvalue weighted by Crippen LogP contribution is -2.20. The topological polar surface area (TPSA) is 78.4 Å². The van der Waals surface area contributed by atoms with Crippen molar-refractivity contribution in [2.24, 2.45) is 0 Å². The van der Waals surface area contributed by atoms with Gasteiger partial charge >= 0.3 is 0 Å². The molecule has 0 aliphatic rings. The molecule has 142 valence electrons. The summed E-state index contributed by atoms with van der Waals surface area (Å²) in [5.74, 6) is 0. The van der Waals surface area contributed by atoms with Crippen LogP contribution in [0.5, 0.6) is 0 Å². The molecule has 5 nitrogen and oxygen atoms in total. The van der Waals surface area contributed by atoms with Crippen LogP contribution in [0.3, 0.4) is 0 Å². The van der Waals surface area contributed by atoms with Gasteiger partial charge in [-0.15, -0.1) is 0 Å². The molecule has 0 fully saturated rings. The number of hydrogen-bond donors (Lipinski definition) is 3. The largest absolute Gasteiger partial charge is 0.381 e. The highest BCUT2D eigenvalue weighted by Gasteiger charge is 2.19. The molecule has 0 saturated heterocycles. The second kappa shape index (κ2) is 9.59. The third kappa shape index (κ3) is 6.04. The van der Waals surface area contributed by atoms with Gasteiger partial charge in [-0.2, -0.15) is 8.42 Å². The summed E-state index contributed by atoms with van der Waals surface area (Å²) in [6.07, 6.45) is 5.10. The highest BCUT2D eigenvalue weighted by molar-refractivity contribution is 7.86. The van der Waals surface area contributed by atoms with E-state index in [2.05, 4.69) is 24.5 Å². The second-order valence-corrected chi connectivity index (χ2v) is 7.84. The molecular formula is C20H28N2O3S. The van der Waals surface area contributed by atoms with Gasteiger partial charge in [-0.25, -0.2) is 0 Å². The van der Waals surface area contributed by atoms with E-state index in [1.807, 2.05) is 36.4 Å². The molecule has 3 N–H and O–H groups in total. The highest BCUT2D eigenvalue weighted by Crippen LogP contribution is 2.28. The Morgan fingerprint density at radius 3 is 2.31 bits per heavy atom. The Bertz CT molecular complexity index is 792. The van der Waals surface area contributed by atoms with Crippen molar-refractivity contribution in [3.8, 4) is 0 Å². The monoisotopic (exact) mass is 376 g/mol. The third-order valence-electron chi connectivity index (χ3n) is 4.22. The average Bonchev–Trinajstić information content (AvgIpc) is 2.61. The SMILES string of the molecule is CCCCC(CCC)Nc1ccc(Nc2ccccc2)cc1S(=O)(=O)O. The van der Waals surface area contributed by atoms with Gasteiger partial charge in [0.1, 0.15) is 4.90 Å². The van der Waals surface area contributed by atoms with Crippen LogP contribution in [0, 0.1) is 0 Å². The molecular weight excluding hydrogens is 348 g/mol. The minimum absolute atomic E-state index is 0.101. The molecule has 2 aromatic carbocycles. The Balaban J connectivity index is 2.28. The molecule has 0 aromatic heterocycles. The van der Waals surface area contributed by atoms with Gasteiger partial charge < -0.3 is 10.6 Å². The summed E-state index contributed by atoms with van der Waals surface area (Å²) in [5.41, 5.74) is 1.90. The van der Waals surface area contributed by atoms with E-state index >= 15 is 0 Å². The van der Waals surface area contributed by atoms with Crippen molar-refractivity contribution < 1.29 is 13.0 Å². The van der Waals surface area contributed by atoms with E-state index in [9.17, 15) is 13.0 Å². The lowest BCUT2D eigenvalue weighted by molar-refractivity contribution is 0.483. The van der Waals surface area contributed by atoms with E-state index in [1.165, 1.54) is 6.07 Å². The van der Waals surface area contributed by atoms with Gasteiger partial charge in [0.05, 0.1) is 5.69 Å². The van der Waals surface area contributed by atoms with Crippen LogP contribution in [0.1, 0.15) is 46.0 Å². The summed E-state index contributed by atoms with van der Waals surface area (Å²) >= 11 is 0. The van der Waals surface area contributed by atoms with Crippen molar-refractivity contribution in [3.05, 3.63) is 48.5 Å². The van der Waals surface area contributed by atoms with Gasteiger partial charge in [0.25, 0.3) is 10.1 Å². The minimum Gasteiger partial charge on any atom is -0.381 e. The number of rotatable bonds is 10. The molecule has 0 aliphatic carbocycles. The molecule has 0 spiro atoms. The molecule has 0 heterocycles. The zero-order chi connectivity index (χ0) is 19.0. The van der Waals surface area contributed by atoms with Gasteiger partial charge in [0.2, 0.25) is 0 Å². The van der Waals surface area contributed by atoms with Crippen molar-refractivity contribution in [1.82, 2.24) is 0 Å². The molecule has 0 amide bonds. The fourth-order valence-electron chi connectivity index (χ4n) is 2.93. The van der Waals surface area contributed by atoms with E-state index in [4.69, 9.17) is 0 Å². The Morgan fingerprint density at radius 1 is 0.962 bits per heavy atom. The quantitative estimate of drug-likeness (QED) is 0.481. The van der Waals surface area contributed by atoms with Crippen LogP contribution in [0.4, 0.5) is 17.1 Å². The molecule has 0 aliphatic heterocycles. The molecule has 26 heavy (non-hydrogen) atoms. The van der Waals surface area contributed by atoms with Gasteiger partial charge in [-0.3, -0.25) is 4.55 Å². The molecule has 0 bridgehead atoms. The maximum atomic E-state index is 11.9. The number of anilines is 3. The maximum Gasteiger partial charge on any atom is 0.296 e. The maximum absolute atomic E-state index is 11.9. The molecule has 0 saturated carbocycles. The Morgan fingerprint density at radius 2 is 1.69 bits per heavy atom. The summed E-state index contributed by atoms with van der Waals surface area (Å²) in [5, 5.41) is 6.47. The Kier molecular flexibility index (Phi) is 7.48. The summed E-state index contributed by atoms with van der Waals surface area (Å²) in [6.45, 7) is 4.24. The first-order valence-electron chi connectivity index (χ1n) is 9.14. The van der Waals surface area contributed by atoms with Crippen LogP contribution in [-0.2, 0) is 10.1 Å². The summed E-state index contributed by atoms with van der Waals surface area (Å²) in [4.78, 5) is -0.101. The lowest BCUT2D eigenvalue weighted by atomic mass is 10.0. The second-order valence-electron chi connectivity index (χ2n) is 6.45. The standard InChI is InChI=1S/C20H28N2O3S/c1-3-5-10-16(9-4-2)22-19-14-13-18(15-20(19)26(23,24)25)21-17-11-7-6-8-12-17/h6-8,11-16,21-22H,3-5,9-10H2,1-2H3,(H,23,24,25). The van der Waals surface area contributed by atoms with E-state index in [0.29, 0.717) is 11.4 Å². The molecule has 2 aromatic rings. The number of unbranched alkanes of at least 4 members (excludes halogenated alkanes) is 1. The highest BCUT2D eigenvalue weighted by atomic mass is 32.2. The first kappa shape index (κ1) is 20.3. The van der Waals surface area contributed by atoms with Crippen LogP contribution < -0.4 is 10.6 Å². The van der Waals surface area contributed by atoms with Crippen LogP contribution in [0.25, 0.3) is 0 Å². The average molecular weight is 377 g/mol. The van der Waals surface area contributed by atoms with Gasteiger partial charge in [0.15, 0.2) is 0 Å². The lowest BCUT2D eigenvalue weighted by Gasteiger charge is -2.21. The van der Waals surface area contributed by atoms with Crippen molar-refractivity contribution in [3.63, 3.8) is 0 Å². The van der Waals surface area contributed by atoms with Gasteiger partial charge in [-0.05, 0) is 43.2 Å². The van der Waals surface area contributed by atoms with E-state index in [0.717, 1.165) is 37.8 Å². The molecule has 2 rings (SSSR count). The van der Waals surface area contributed by atoms with E-state index < -0.39 is 10.1 Å². The van der Waals surface area contributed by atoms with Crippen molar-refractivity contribution >= 4 is 27.2 Å². The zero-order valence-corrected chi connectivity index (χ0v) is 16.2. The number of benzene rings is 2. The van der Waals surface area contributed by atoms with E-state index in [1.54, 1.807) is 6.07 Å². The summed E-state index contributed by atoms with van der Waals surface area (Å²) < 4.78 is 33.5. The van der Waals surface area contributed by atoms with Gasteiger partial charge in [0, 0.05) is 17.4 Å². The molecule has 0 radical (unpaired) electrons. The predicted octanol–water partition coefficient (Wildman–Crippen LogP) is 5.45. The molecule has 1 atom stereocenters. The zero-order valence-electron chi connectivity index (χ0n) is 15.4. The first-order valence-corrected chi connectivity index (χ1v) is 10.6. The normalized spacial score (nSPS) is 12.6. The summed E-state index contributed by atoms with van der Waals surface area (Å²) in [7, 11) is -4.33. The Hall–Kier alpha value is -2.05. The fourth-order valence-corrected chi connectivity index (χ4v) is 3.61. The fraction of sp³-hybridized carbons (Fsp3) is 0.400. The number of hydrogen-bond acceptors (Lipinski definition) is 4. The molecule has 6 heteroatoms. The third-order valence-corrected chi connectivity index (χ3v) is 5.12. The summed E-state index contributed by atoms with van der Waals surface area (Å²) in [6, 6.07) is 14.7. The van der Waals surface area contributed by atoms with Crippen LogP contribution >= 0.6 is 0 Å². The molecule has 1 unspecified atom stereocenters. The minimum atomic E-state index is -4.33. The number of para-hydroxylation sites is 1.